The van der Waals surface area contributed by atoms with E-state index in [9.17, 15) is 9.59 Å². The zero-order valence-electron chi connectivity index (χ0n) is 20.3. The number of hydrogen-bond donors (Lipinski definition) is 0. The predicted molar refractivity (Wildman–Crippen MR) is 133 cm³/mol. The van der Waals surface area contributed by atoms with Crippen molar-refractivity contribution in [3.05, 3.63) is 51.7 Å². The number of thiophene rings is 1. The van der Waals surface area contributed by atoms with E-state index in [4.69, 9.17) is 4.74 Å². The number of benzene rings is 1. The lowest BCUT2D eigenvalue weighted by Gasteiger charge is -2.42. The summed E-state index contributed by atoms with van der Waals surface area (Å²) in [6.45, 7) is 6.91. The van der Waals surface area contributed by atoms with Crippen molar-refractivity contribution in [2.75, 3.05) is 20.2 Å². The monoisotopic (exact) mass is 468 g/mol. The Morgan fingerprint density at radius 1 is 1.09 bits per heavy atom. The summed E-state index contributed by atoms with van der Waals surface area (Å²) in [4.78, 5) is 32.4. The first-order chi connectivity index (χ1) is 15.8. The van der Waals surface area contributed by atoms with Crippen molar-refractivity contribution in [2.24, 2.45) is 5.92 Å². The Labute approximate surface area is 201 Å². The highest BCUT2D eigenvalue weighted by molar-refractivity contribution is 7.10. The van der Waals surface area contributed by atoms with Crippen LogP contribution in [0.3, 0.4) is 0 Å². The summed E-state index contributed by atoms with van der Waals surface area (Å²) in [7, 11) is 1.66. The molecule has 0 bridgehead atoms. The predicted octanol–water partition coefficient (Wildman–Crippen LogP) is 5.44. The fraction of sp³-hybridized carbons (Fsp3) is 0.556. The largest absolute Gasteiger partial charge is 0.497 e. The van der Waals surface area contributed by atoms with E-state index in [-0.39, 0.29) is 30.3 Å². The van der Waals surface area contributed by atoms with Gasteiger partial charge in [-0.15, -0.1) is 11.3 Å². The number of rotatable bonds is 5. The molecule has 6 heteroatoms. The summed E-state index contributed by atoms with van der Waals surface area (Å²) < 4.78 is 5.34. The number of hydrogen-bond acceptors (Lipinski definition) is 4. The highest BCUT2D eigenvalue weighted by Crippen LogP contribution is 2.38. The number of fused-ring (bicyclic) bond motifs is 1. The minimum absolute atomic E-state index is 0.0201. The number of carbonyl (C=O) groups excluding carboxylic acids is 2. The first-order valence-electron chi connectivity index (χ1n) is 12.1. The molecular formula is C27H36N2O3S. The second kappa shape index (κ2) is 9.88. The summed E-state index contributed by atoms with van der Waals surface area (Å²) in [6.07, 6.45) is 6.16. The quantitative estimate of drug-likeness (QED) is 0.587. The maximum absolute atomic E-state index is 13.8. The molecule has 1 unspecified atom stereocenters. The van der Waals surface area contributed by atoms with Crippen molar-refractivity contribution in [3.8, 4) is 5.75 Å². The van der Waals surface area contributed by atoms with E-state index in [0.717, 1.165) is 43.4 Å². The average molecular weight is 469 g/mol. The van der Waals surface area contributed by atoms with Gasteiger partial charge in [0.15, 0.2) is 0 Å². The molecule has 1 aliphatic carbocycles. The lowest BCUT2D eigenvalue weighted by Crippen LogP contribution is -2.54. The van der Waals surface area contributed by atoms with Gasteiger partial charge in [-0.25, -0.2) is 0 Å². The van der Waals surface area contributed by atoms with Crippen LogP contribution in [0, 0.1) is 5.92 Å². The van der Waals surface area contributed by atoms with E-state index in [1.165, 1.54) is 16.9 Å². The number of methoxy groups -OCH3 is 1. The van der Waals surface area contributed by atoms with Gasteiger partial charge in [-0.05, 0) is 74.7 Å². The van der Waals surface area contributed by atoms with E-state index >= 15 is 0 Å². The topological polar surface area (TPSA) is 49.9 Å². The van der Waals surface area contributed by atoms with Crippen LogP contribution in [0.4, 0.5) is 0 Å². The molecule has 1 aromatic carbocycles. The number of carbonyl (C=O) groups is 2. The Kier molecular flexibility index (Phi) is 7.13. The van der Waals surface area contributed by atoms with Gasteiger partial charge in [0, 0.05) is 22.9 Å². The van der Waals surface area contributed by atoms with Crippen molar-refractivity contribution < 1.29 is 14.3 Å². The van der Waals surface area contributed by atoms with E-state index in [2.05, 4.69) is 11.4 Å². The molecular weight excluding hydrogens is 432 g/mol. The van der Waals surface area contributed by atoms with E-state index in [1.807, 2.05) is 54.8 Å². The zero-order valence-corrected chi connectivity index (χ0v) is 21.1. The smallest absolute Gasteiger partial charge is 0.243 e. The molecule has 0 radical (unpaired) electrons. The van der Waals surface area contributed by atoms with Gasteiger partial charge in [-0.1, -0.05) is 31.4 Å². The molecule has 0 spiro atoms. The highest BCUT2D eigenvalue weighted by Gasteiger charge is 2.38. The second-order valence-corrected chi connectivity index (χ2v) is 11.2. The van der Waals surface area contributed by atoms with Crippen LogP contribution in [0.1, 0.15) is 74.9 Å². The summed E-state index contributed by atoms with van der Waals surface area (Å²) in [5.41, 5.74) is 1.87. The minimum Gasteiger partial charge on any atom is -0.497 e. The molecule has 0 N–H and O–H groups in total. The molecule has 1 aliphatic heterocycles. The molecule has 33 heavy (non-hydrogen) atoms. The SMILES string of the molecule is COc1ccc(C2c3ccsc3CCN2C(=O)CN(C(=O)C2CCCCC2)C(C)(C)C)cc1. The van der Waals surface area contributed by atoms with Crippen molar-refractivity contribution in [3.63, 3.8) is 0 Å². The second-order valence-electron chi connectivity index (χ2n) is 10.2. The summed E-state index contributed by atoms with van der Waals surface area (Å²) in [6, 6.07) is 10.0. The van der Waals surface area contributed by atoms with E-state index in [1.54, 1.807) is 18.4 Å². The van der Waals surface area contributed by atoms with Crippen LogP contribution >= 0.6 is 11.3 Å². The molecule has 1 atom stereocenters. The van der Waals surface area contributed by atoms with Gasteiger partial charge in [-0.3, -0.25) is 9.59 Å². The van der Waals surface area contributed by atoms with Gasteiger partial charge in [0.2, 0.25) is 11.8 Å². The molecule has 1 aromatic heterocycles. The zero-order chi connectivity index (χ0) is 23.6. The van der Waals surface area contributed by atoms with Crippen LogP contribution in [-0.4, -0.2) is 47.4 Å². The first-order valence-corrected chi connectivity index (χ1v) is 13.0. The van der Waals surface area contributed by atoms with Crippen molar-refractivity contribution in [1.82, 2.24) is 9.80 Å². The van der Waals surface area contributed by atoms with Crippen molar-refractivity contribution in [1.29, 1.82) is 0 Å². The Hall–Kier alpha value is -2.34. The van der Waals surface area contributed by atoms with Crippen molar-refractivity contribution in [2.45, 2.75) is 70.9 Å². The van der Waals surface area contributed by atoms with Crippen LogP contribution in [0.15, 0.2) is 35.7 Å². The normalized spacial score (nSPS) is 19.2. The van der Waals surface area contributed by atoms with Crippen LogP contribution in [0.2, 0.25) is 0 Å². The summed E-state index contributed by atoms with van der Waals surface area (Å²) in [5, 5.41) is 2.11. The van der Waals surface area contributed by atoms with Gasteiger partial charge < -0.3 is 14.5 Å². The molecule has 5 nitrogen and oxygen atoms in total. The van der Waals surface area contributed by atoms with Crippen LogP contribution in [0.25, 0.3) is 0 Å². The minimum atomic E-state index is -0.400. The summed E-state index contributed by atoms with van der Waals surface area (Å²) >= 11 is 1.76. The average Bonchev–Trinajstić information content (AvgIpc) is 3.30. The highest BCUT2D eigenvalue weighted by atomic mass is 32.1. The Bertz CT molecular complexity index is 970. The third-order valence-electron chi connectivity index (χ3n) is 7.04. The Morgan fingerprint density at radius 3 is 2.42 bits per heavy atom. The number of amides is 2. The van der Waals surface area contributed by atoms with Gasteiger partial charge in [0.1, 0.15) is 12.3 Å². The summed E-state index contributed by atoms with van der Waals surface area (Å²) in [5.74, 6) is 1.01. The van der Waals surface area contributed by atoms with Crippen LogP contribution in [-0.2, 0) is 16.0 Å². The molecule has 2 amide bonds. The molecule has 178 valence electrons. The molecule has 1 saturated carbocycles. The number of nitrogens with zero attached hydrogens (tertiary/aromatic N) is 2. The lowest BCUT2D eigenvalue weighted by atomic mass is 9.87. The lowest BCUT2D eigenvalue weighted by molar-refractivity contribution is -0.149. The van der Waals surface area contributed by atoms with Gasteiger partial charge >= 0.3 is 0 Å². The van der Waals surface area contributed by atoms with Gasteiger partial charge in [0.25, 0.3) is 0 Å². The van der Waals surface area contributed by atoms with Gasteiger partial charge in [0.05, 0.1) is 13.2 Å². The molecule has 2 heterocycles. The molecule has 0 saturated heterocycles. The fourth-order valence-corrected chi connectivity index (χ4v) is 6.08. The molecule has 2 aromatic rings. The Balaban J connectivity index is 1.60. The molecule has 4 rings (SSSR count). The van der Waals surface area contributed by atoms with E-state index < -0.39 is 5.54 Å². The van der Waals surface area contributed by atoms with Crippen LogP contribution in [0.5, 0.6) is 5.75 Å². The first kappa shape index (κ1) is 23.8. The van der Waals surface area contributed by atoms with Crippen molar-refractivity contribution >= 4 is 23.2 Å². The van der Waals surface area contributed by atoms with Crippen LogP contribution < -0.4 is 4.74 Å². The van der Waals surface area contributed by atoms with Gasteiger partial charge in [-0.2, -0.15) is 0 Å². The third-order valence-corrected chi connectivity index (χ3v) is 8.04. The third kappa shape index (κ3) is 5.11. The maximum atomic E-state index is 13.8. The maximum Gasteiger partial charge on any atom is 0.243 e. The molecule has 2 aliphatic rings. The van der Waals surface area contributed by atoms with E-state index in [0.29, 0.717) is 6.54 Å². The standard InChI is InChI=1S/C27H36N2O3S/c1-27(2,3)29(26(31)20-8-6-5-7-9-20)18-24(30)28-16-14-23-22(15-17-33-23)25(28)19-10-12-21(32-4)13-11-19/h10-13,15,17,20,25H,5-9,14,16,18H2,1-4H3. The Morgan fingerprint density at radius 2 is 1.79 bits per heavy atom. The fourth-order valence-electron chi connectivity index (χ4n) is 5.17. The number of ether oxygens (including phenoxy) is 1. The molecule has 1 fully saturated rings.